The van der Waals surface area contributed by atoms with Crippen molar-refractivity contribution in [3.05, 3.63) is 24.3 Å². The minimum Gasteiger partial charge on any atom is -0.356 e. The Morgan fingerprint density at radius 2 is 2.00 bits per heavy atom. The van der Waals surface area contributed by atoms with Crippen LogP contribution in [0.25, 0.3) is 0 Å². The van der Waals surface area contributed by atoms with E-state index < -0.39 is 0 Å². The zero-order valence-corrected chi connectivity index (χ0v) is 15.3. The Kier molecular flexibility index (Phi) is 6.94. The van der Waals surface area contributed by atoms with Crippen LogP contribution in [0.1, 0.15) is 55.4 Å². The van der Waals surface area contributed by atoms with E-state index in [1.165, 1.54) is 63.8 Å². The molecule has 3 rings (SSSR count). The first-order chi connectivity index (χ1) is 12.7. The molecule has 1 aromatic rings. The second-order valence-electron chi connectivity index (χ2n) is 7.26. The molecule has 0 unspecified atom stereocenters. The predicted molar refractivity (Wildman–Crippen MR) is 98.5 cm³/mol. The summed E-state index contributed by atoms with van der Waals surface area (Å²) in [4.78, 5) is 34.4. The number of hydrogen-bond acceptors (Lipinski definition) is 5. The molecule has 0 radical (unpaired) electrons. The molecule has 2 atom stereocenters. The summed E-state index contributed by atoms with van der Waals surface area (Å²) in [5, 5.41) is 5.87. The van der Waals surface area contributed by atoms with E-state index in [4.69, 9.17) is 0 Å². The lowest BCUT2D eigenvalue weighted by Crippen LogP contribution is -2.51. The Hall–Kier alpha value is -2.02. The van der Waals surface area contributed by atoms with Gasteiger partial charge in [-0.15, -0.1) is 0 Å². The van der Waals surface area contributed by atoms with Crippen molar-refractivity contribution in [1.82, 2.24) is 25.5 Å². The molecule has 0 spiro atoms. The molecular formula is C19H29N5O2. The van der Waals surface area contributed by atoms with Crippen molar-refractivity contribution in [2.24, 2.45) is 5.92 Å². The maximum Gasteiger partial charge on any atom is 0.271 e. The van der Waals surface area contributed by atoms with Gasteiger partial charge in [0.15, 0.2) is 0 Å². The van der Waals surface area contributed by atoms with Gasteiger partial charge in [0.1, 0.15) is 5.69 Å². The molecule has 2 amide bonds. The first-order valence-corrected chi connectivity index (χ1v) is 9.79. The number of aromatic nitrogens is 2. The predicted octanol–water partition coefficient (Wildman–Crippen LogP) is 1.37. The second-order valence-corrected chi connectivity index (χ2v) is 7.26. The molecule has 0 aromatic carbocycles. The summed E-state index contributed by atoms with van der Waals surface area (Å²) < 4.78 is 0. The fourth-order valence-electron chi connectivity index (χ4n) is 4.11. The van der Waals surface area contributed by atoms with Crippen LogP contribution >= 0.6 is 0 Å². The molecule has 7 heteroatoms. The minimum atomic E-state index is -0.252. The van der Waals surface area contributed by atoms with Crippen molar-refractivity contribution in [2.45, 2.75) is 51.0 Å². The van der Waals surface area contributed by atoms with Crippen molar-refractivity contribution in [3.8, 4) is 0 Å². The number of nitrogens with one attached hydrogen (secondary N) is 2. The van der Waals surface area contributed by atoms with E-state index in [9.17, 15) is 9.59 Å². The SMILES string of the molecule is O=C(CCCNC(=O)c1cnccn1)NC[C@@H]1CCCN2CCCC[C@H]12. The summed E-state index contributed by atoms with van der Waals surface area (Å²) in [6.07, 6.45) is 11.9. The lowest BCUT2D eigenvalue weighted by molar-refractivity contribution is -0.121. The van der Waals surface area contributed by atoms with E-state index in [0.717, 1.165) is 6.54 Å². The van der Waals surface area contributed by atoms with Crippen LogP contribution in [0.15, 0.2) is 18.6 Å². The molecule has 2 fully saturated rings. The average molecular weight is 359 g/mol. The highest BCUT2D eigenvalue weighted by Crippen LogP contribution is 2.30. The Balaban J connectivity index is 1.31. The van der Waals surface area contributed by atoms with Gasteiger partial charge >= 0.3 is 0 Å². The van der Waals surface area contributed by atoms with Gasteiger partial charge in [-0.3, -0.25) is 14.6 Å². The fraction of sp³-hybridized carbons (Fsp3) is 0.684. The van der Waals surface area contributed by atoms with Gasteiger partial charge in [0, 0.05) is 37.9 Å². The van der Waals surface area contributed by atoms with E-state index in [1.54, 1.807) is 0 Å². The summed E-state index contributed by atoms with van der Waals surface area (Å²) >= 11 is 0. The van der Waals surface area contributed by atoms with Gasteiger partial charge in [-0.25, -0.2) is 4.98 Å². The molecule has 2 saturated heterocycles. The maximum atomic E-state index is 12.1. The highest BCUT2D eigenvalue weighted by Gasteiger charge is 2.32. The number of rotatable bonds is 7. The molecule has 0 saturated carbocycles. The largest absolute Gasteiger partial charge is 0.356 e. The zero-order chi connectivity index (χ0) is 18.2. The minimum absolute atomic E-state index is 0.0756. The van der Waals surface area contributed by atoms with Crippen molar-refractivity contribution >= 4 is 11.8 Å². The van der Waals surface area contributed by atoms with Crippen molar-refractivity contribution in [3.63, 3.8) is 0 Å². The van der Waals surface area contributed by atoms with Crippen molar-refractivity contribution < 1.29 is 9.59 Å². The van der Waals surface area contributed by atoms with E-state index in [0.29, 0.717) is 37.0 Å². The average Bonchev–Trinajstić information content (AvgIpc) is 2.70. The third-order valence-corrected chi connectivity index (χ3v) is 5.45. The Labute approximate surface area is 155 Å². The topological polar surface area (TPSA) is 87.2 Å². The maximum absolute atomic E-state index is 12.1. The van der Waals surface area contributed by atoms with Crippen LogP contribution in [0.4, 0.5) is 0 Å². The van der Waals surface area contributed by atoms with Crippen LogP contribution in [-0.4, -0.2) is 58.9 Å². The van der Waals surface area contributed by atoms with E-state index >= 15 is 0 Å². The fourth-order valence-corrected chi connectivity index (χ4v) is 4.11. The normalized spacial score (nSPS) is 23.1. The molecule has 142 valence electrons. The lowest BCUT2D eigenvalue weighted by atomic mass is 9.83. The first-order valence-electron chi connectivity index (χ1n) is 9.79. The van der Waals surface area contributed by atoms with Crippen LogP contribution in [0.2, 0.25) is 0 Å². The van der Waals surface area contributed by atoms with E-state index in [-0.39, 0.29) is 11.8 Å². The standard InChI is InChI=1S/C19H29N5O2/c25-18(7-3-8-22-19(26)16-14-20-9-10-21-16)23-13-15-5-4-12-24-11-2-1-6-17(15)24/h9-10,14-15,17H,1-8,11-13H2,(H,22,26)(H,23,25)/t15-,17+/m0/s1. The molecule has 3 heterocycles. The number of nitrogens with zero attached hydrogens (tertiary/aromatic N) is 3. The third-order valence-electron chi connectivity index (χ3n) is 5.45. The highest BCUT2D eigenvalue weighted by molar-refractivity contribution is 5.91. The summed E-state index contributed by atoms with van der Waals surface area (Å²) in [7, 11) is 0. The quantitative estimate of drug-likeness (QED) is 0.718. The van der Waals surface area contributed by atoms with Gasteiger partial charge < -0.3 is 15.5 Å². The number of hydrogen-bond donors (Lipinski definition) is 2. The number of carbonyl (C=O) groups is 2. The molecule has 2 N–H and O–H groups in total. The number of carbonyl (C=O) groups excluding carboxylic acids is 2. The van der Waals surface area contributed by atoms with Gasteiger partial charge in [-0.05, 0) is 51.1 Å². The Morgan fingerprint density at radius 3 is 2.85 bits per heavy atom. The highest BCUT2D eigenvalue weighted by atomic mass is 16.2. The summed E-state index contributed by atoms with van der Waals surface area (Å²) in [5.41, 5.74) is 0.297. The van der Waals surface area contributed by atoms with E-state index in [2.05, 4.69) is 25.5 Å². The molecular weight excluding hydrogens is 330 g/mol. The van der Waals surface area contributed by atoms with Crippen molar-refractivity contribution in [1.29, 1.82) is 0 Å². The van der Waals surface area contributed by atoms with Crippen LogP contribution in [0.5, 0.6) is 0 Å². The van der Waals surface area contributed by atoms with Crippen LogP contribution in [0, 0.1) is 5.92 Å². The molecule has 2 aliphatic heterocycles. The third kappa shape index (κ3) is 5.24. The molecule has 0 aliphatic carbocycles. The number of piperidine rings is 2. The molecule has 7 nitrogen and oxygen atoms in total. The monoisotopic (exact) mass is 359 g/mol. The summed E-state index contributed by atoms with van der Waals surface area (Å²) in [6.45, 7) is 3.69. The molecule has 26 heavy (non-hydrogen) atoms. The molecule has 2 aliphatic rings. The van der Waals surface area contributed by atoms with Gasteiger partial charge in [0.05, 0.1) is 6.20 Å². The van der Waals surface area contributed by atoms with Crippen molar-refractivity contribution in [2.75, 3.05) is 26.2 Å². The van der Waals surface area contributed by atoms with Gasteiger partial charge in [0.25, 0.3) is 5.91 Å². The zero-order valence-electron chi connectivity index (χ0n) is 15.3. The van der Waals surface area contributed by atoms with Gasteiger partial charge in [-0.2, -0.15) is 0 Å². The van der Waals surface area contributed by atoms with Gasteiger partial charge in [0.2, 0.25) is 5.91 Å². The van der Waals surface area contributed by atoms with Crippen LogP contribution in [-0.2, 0) is 4.79 Å². The van der Waals surface area contributed by atoms with Gasteiger partial charge in [-0.1, -0.05) is 6.42 Å². The van der Waals surface area contributed by atoms with E-state index in [1.807, 2.05) is 0 Å². The first kappa shape index (κ1) is 18.8. The lowest BCUT2D eigenvalue weighted by Gasteiger charge is -2.44. The summed E-state index contributed by atoms with van der Waals surface area (Å²) in [5.74, 6) is 0.411. The number of amides is 2. The second kappa shape index (κ2) is 9.62. The Bertz CT molecular complexity index is 593. The summed E-state index contributed by atoms with van der Waals surface area (Å²) in [6, 6.07) is 0.657. The smallest absolute Gasteiger partial charge is 0.271 e. The number of fused-ring (bicyclic) bond motifs is 1. The van der Waals surface area contributed by atoms with Crippen LogP contribution < -0.4 is 10.6 Å². The van der Waals surface area contributed by atoms with Crippen LogP contribution in [0.3, 0.4) is 0 Å². The Morgan fingerprint density at radius 1 is 1.12 bits per heavy atom. The molecule has 0 bridgehead atoms. The molecule has 1 aromatic heterocycles.